The summed E-state index contributed by atoms with van der Waals surface area (Å²) < 4.78 is 0. The van der Waals surface area contributed by atoms with Crippen LogP contribution in [0.1, 0.15) is 30.6 Å². The van der Waals surface area contributed by atoms with Gasteiger partial charge in [-0.05, 0) is 42.0 Å². The van der Waals surface area contributed by atoms with Crippen LogP contribution >= 0.6 is 12.4 Å². The van der Waals surface area contributed by atoms with Crippen molar-refractivity contribution in [3.8, 4) is 0 Å². The molecule has 4 heteroatoms. The lowest BCUT2D eigenvalue weighted by molar-refractivity contribution is 0.0950. The first kappa shape index (κ1) is 13.8. The average molecular weight is 255 g/mol. The van der Waals surface area contributed by atoms with E-state index in [4.69, 9.17) is 5.73 Å². The molecule has 0 radical (unpaired) electrons. The van der Waals surface area contributed by atoms with Gasteiger partial charge >= 0.3 is 0 Å². The molecule has 0 bridgehead atoms. The van der Waals surface area contributed by atoms with Crippen molar-refractivity contribution in [2.75, 3.05) is 12.3 Å². The molecule has 0 saturated heterocycles. The van der Waals surface area contributed by atoms with Crippen LogP contribution in [0.5, 0.6) is 0 Å². The van der Waals surface area contributed by atoms with Crippen LogP contribution in [-0.4, -0.2) is 12.5 Å². The first-order valence-electron chi connectivity index (χ1n) is 5.63. The number of carbonyl (C=O) groups is 1. The van der Waals surface area contributed by atoms with E-state index in [1.54, 1.807) is 24.3 Å². The fraction of sp³-hybridized carbons (Fsp3) is 0.462. The second-order valence-electron chi connectivity index (χ2n) is 5.22. The van der Waals surface area contributed by atoms with Crippen LogP contribution in [0.25, 0.3) is 0 Å². The molecule has 94 valence electrons. The Morgan fingerprint density at radius 1 is 1.41 bits per heavy atom. The van der Waals surface area contributed by atoms with E-state index in [2.05, 4.69) is 19.2 Å². The standard InChI is InChI=1S/C13H18N2O.ClH/c1-13(2)7-10(13)8-15-12(16)9-3-5-11(14)6-4-9;/h3-6,10H,7-8,14H2,1-2H3,(H,15,16);1H. The van der Waals surface area contributed by atoms with Gasteiger partial charge in [0.05, 0.1) is 0 Å². The van der Waals surface area contributed by atoms with Gasteiger partial charge < -0.3 is 11.1 Å². The minimum absolute atomic E-state index is 0. The number of amides is 1. The minimum Gasteiger partial charge on any atom is -0.399 e. The third kappa shape index (κ3) is 3.37. The third-order valence-electron chi connectivity index (χ3n) is 3.40. The summed E-state index contributed by atoms with van der Waals surface area (Å²) in [7, 11) is 0. The summed E-state index contributed by atoms with van der Waals surface area (Å²) in [4.78, 5) is 11.7. The number of halogens is 1. The highest BCUT2D eigenvalue weighted by molar-refractivity contribution is 5.94. The van der Waals surface area contributed by atoms with Crippen LogP contribution in [0, 0.1) is 11.3 Å². The zero-order valence-electron chi connectivity index (χ0n) is 10.2. The number of benzene rings is 1. The molecule has 1 atom stereocenters. The van der Waals surface area contributed by atoms with Crippen molar-refractivity contribution < 1.29 is 4.79 Å². The molecular formula is C13H19ClN2O. The Morgan fingerprint density at radius 2 is 1.94 bits per heavy atom. The van der Waals surface area contributed by atoms with E-state index in [0.717, 1.165) is 6.54 Å². The number of carbonyl (C=O) groups excluding carboxylic acids is 1. The average Bonchev–Trinajstić information content (AvgIpc) is 2.84. The van der Waals surface area contributed by atoms with Gasteiger partial charge in [0.15, 0.2) is 0 Å². The van der Waals surface area contributed by atoms with E-state index in [1.807, 2.05) is 0 Å². The Bertz CT molecular complexity index is 400. The van der Waals surface area contributed by atoms with Crippen LogP contribution in [0.4, 0.5) is 5.69 Å². The van der Waals surface area contributed by atoms with E-state index in [1.165, 1.54) is 6.42 Å². The van der Waals surface area contributed by atoms with Crippen molar-refractivity contribution in [3.05, 3.63) is 29.8 Å². The summed E-state index contributed by atoms with van der Waals surface area (Å²) in [5.74, 6) is 0.618. The molecule has 1 aromatic rings. The highest BCUT2D eigenvalue weighted by atomic mass is 35.5. The summed E-state index contributed by atoms with van der Waals surface area (Å²) in [5.41, 5.74) is 7.33. The molecule has 3 nitrogen and oxygen atoms in total. The lowest BCUT2D eigenvalue weighted by Crippen LogP contribution is -2.26. The summed E-state index contributed by atoms with van der Waals surface area (Å²) in [6.07, 6.45) is 1.20. The summed E-state index contributed by atoms with van der Waals surface area (Å²) in [5, 5.41) is 2.96. The Hall–Kier alpha value is -1.22. The fourth-order valence-electron chi connectivity index (χ4n) is 1.88. The van der Waals surface area contributed by atoms with Gasteiger partial charge in [0.2, 0.25) is 0 Å². The molecule has 1 aromatic carbocycles. The van der Waals surface area contributed by atoms with Crippen molar-refractivity contribution in [2.24, 2.45) is 11.3 Å². The molecule has 1 fully saturated rings. The number of hydrogen-bond donors (Lipinski definition) is 2. The first-order valence-corrected chi connectivity index (χ1v) is 5.63. The van der Waals surface area contributed by atoms with Gasteiger partial charge in [-0.15, -0.1) is 12.4 Å². The maximum Gasteiger partial charge on any atom is 0.251 e. The van der Waals surface area contributed by atoms with E-state index in [0.29, 0.717) is 22.6 Å². The maximum absolute atomic E-state index is 11.7. The van der Waals surface area contributed by atoms with Gasteiger partial charge in [-0.2, -0.15) is 0 Å². The van der Waals surface area contributed by atoms with E-state index < -0.39 is 0 Å². The predicted octanol–water partition coefficient (Wildman–Crippen LogP) is 2.47. The Labute approximate surface area is 108 Å². The van der Waals surface area contributed by atoms with Gasteiger partial charge in [0.1, 0.15) is 0 Å². The molecule has 0 heterocycles. The molecule has 1 aliphatic rings. The highest BCUT2D eigenvalue weighted by Gasteiger charge is 2.45. The van der Waals surface area contributed by atoms with Crippen LogP contribution in [0.2, 0.25) is 0 Å². The lowest BCUT2D eigenvalue weighted by Gasteiger charge is -2.06. The van der Waals surface area contributed by atoms with Crippen molar-refractivity contribution in [3.63, 3.8) is 0 Å². The van der Waals surface area contributed by atoms with E-state index in [-0.39, 0.29) is 18.3 Å². The van der Waals surface area contributed by atoms with E-state index in [9.17, 15) is 4.79 Å². The minimum atomic E-state index is -0.0114. The SMILES string of the molecule is CC1(C)CC1CNC(=O)c1ccc(N)cc1.Cl. The largest absolute Gasteiger partial charge is 0.399 e. The van der Waals surface area contributed by atoms with Crippen LogP contribution < -0.4 is 11.1 Å². The Balaban J connectivity index is 0.00000144. The summed E-state index contributed by atoms with van der Waals surface area (Å²) in [6.45, 7) is 5.23. The van der Waals surface area contributed by atoms with Crippen molar-refractivity contribution >= 4 is 24.0 Å². The van der Waals surface area contributed by atoms with Gasteiger partial charge in [0, 0.05) is 17.8 Å². The third-order valence-corrected chi connectivity index (χ3v) is 3.40. The molecule has 1 amide bonds. The zero-order chi connectivity index (χ0) is 11.8. The predicted molar refractivity (Wildman–Crippen MR) is 72.3 cm³/mol. The van der Waals surface area contributed by atoms with Crippen LogP contribution in [0.15, 0.2) is 24.3 Å². The quantitative estimate of drug-likeness (QED) is 0.815. The molecule has 17 heavy (non-hydrogen) atoms. The van der Waals surface area contributed by atoms with Crippen molar-refractivity contribution in [2.45, 2.75) is 20.3 Å². The van der Waals surface area contributed by atoms with Gasteiger partial charge in [-0.1, -0.05) is 13.8 Å². The molecule has 1 aliphatic carbocycles. The van der Waals surface area contributed by atoms with Gasteiger partial charge in [-0.25, -0.2) is 0 Å². The van der Waals surface area contributed by atoms with Crippen LogP contribution in [-0.2, 0) is 0 Å². The van der Waals surface area contributed by atoms with E-state index >= 15 is 0 Å². The van der Waals surface area contributed by atoms with Crippen LogP contribution in [0.3, 0.4) is 0 Å². The van der Waals surface area contributed by atoms with Crippen molar-refractivity contribution in [1.29, 1.82) is 0 Å². The number of nitrogen functional groups attached to an aromatic ring is 1. The summed E-state index contributed by atoms with van der Waals surface area (Å²) in [6, 6.07) is 7.00. The molecule has 0 spiro atoms. The number of rotatable bonds is 3. The second-order valence-corrected chi connectivity index (χ2v) is 5.22. The topological polar surface area (TPSA) is 55.1 Å². The first-order chi connectivity index (χ1) is 7.49. The number of nitrogens with two attached hydrogens (primary N) is 1. The highest BCUT2D eigenvalue weighted by Crippen LogP contribution is 2.50. The normalized spacial score (nSPS) is 20.2. The number of anilines is 1. The molecule has 3 N–H and O–H groups in total. The Kier molecular flexibility index (Phi) is 4.04. The molecule has 0 aliphatic heterocycles. The number of hydrogen-bond acceptors (Lipinski definition) is 2. The second kappa shape index (κ2) is 4.96. The fourth-order valence-corrected chi connectivity index (χ4v) is 1.88. The molecule has 0 aromatic heterocycles. The zero-order valence-corrected chi connectivity index (χ0v) is 11.0. The molecule has 1 saturated carbocycles. The summed E-state index contributed by atoms with van der Waals surface area (Å²) >= 11 is 0. The molecule has 2 rings (SSSR count). The molecule has 1 unspecified atom stereocenters. The maximum atomic E-state index is 11.7. The Morgan fingerprint density at radius 3 is 2.41 bits per heavy atom. The lowest BCUT2D eigenvalue weighted by atomic mass is 10.1. The van der Waals surface area contributed by atoms with Gasteiger partial charge in [-0.3, -0.25) is 4.79 Å². The monoisotopic (exact) mass is 254 g/mol. The van der Waals surface area contributed by atoms with Crippen molar-refractivity contribution in [1.82, 2.24) is 5.32 Å². The number of nitrogens with one attached hydrogen (secondary N) is 1. The smallest absolute Gasteiger partial charge is 0.251 e. The molecular weight excluding hydrogens is 236 g/mol. The van der Waals surface area contributed by atoms with Gasteiger partial charge in [0.25, 0.3) is 5.91 Å².